The summed E-state index contributed by atoms with van der Waals surface area (Å²) in [5.41, 5.74) is 0. The number of hydrogen-bond donors (Lipinski definition) is 0. The molecule has 52 valence electrons. The van der Waals surface area contributed by atoms with Crippen LogP contribution in [0.15, 0.2) is 5.34 Å². The summed E-state index contributed by atoms with van der Waals surface area (Å²) < 4.78 is 0. The second kappa shape index (κ2) is 5.21. The fourth-order valence-corrected chi connectivity index (χ4v) is 0.374. The Labute approximate surface area is 53.1 Å². The van der Waals surface area contributed by atoms with Gasteiger partial charge in [0.05, 0.1) is 0 Å². The van der Waals surface area contributed by atoms with Crippen LogP contribution in [0.4, 0.5) is 0 Å². The molecule has 0 fully saturated rings. The van der Waals surface area contributed by atoms with E-state index in [0.29, 0.717) is 6.42 Å². The standard InChI is InChI=1S/C5H9NO3/c1-2-5(7)3-4-9-6-8/h2-4H2,1H3. The van der Waals surface area contributed by atoms with Crippen molar-refractivity contribution in [3.05, 3.63) is 4.91 Å². The van der Waals surface area contributed by atoms with Gasteiger partial charge >= 0.3 is 0 Å². The van der Waals surface area contributed by atoms with Gasteiger partial charge in [-0.05, 0) is 0 Å². The molecule has 0 unspecified atom stereocenters. The number of carbonyl (C=O) groups is 1. The molecule has 0 rings (SSSR count). The third kappa shape index (κ3) is 4.93. The molecule has 0 heterocycles. The van der Waals surface area contributed by atoms with E-state index in [4.69, 9.17) is 0 Å². The van der Waals surface area contributed by atoms with Gasteiger partial charge in [0.15, 0.2) is 5.34 Å². The van der Waals surface area contributed by atoms with Crippen molar-refractivity contribution in [1.82, 2.24) is 0 Å². The topological polar surface area (TPSA) is 55.7 Å². The van der Waals surface area contributed by atoms with Crippen molar-refractivity contribution in [2.24, 2.45) is 5.34 Å². The number of hydrogen-bond acceptors (Lipinski definition) is 4. The summed E-state index contributed by atoms with van der Waals surface area (Å²) in [6.07, 6.45) is 0.768. The Hall–Kier alpha value is -0.930. The van der Waals surface area contributed by atoms with E-state index in [2.05, 4.69) is 10.2 Å². The Kier molecular flexibility index (Phi) is 4.67. The molecular weight excluding hydrogens is 122 g/mol. The van der Waals surface area contributed by atoms with Gasteiger partial charge in [-0.3, -0.25) is 4.79 Å². The Morgan fingerprint density at radius 2 is 2.33 bits per heavy atom. The highest BCUT2D eigenvalue weighted by Crippen LogP contribution is 1.88. The van der Waals surface area contributed by atoms with E-state index in [1.54, 1.807) is 6.92 Å². The van der Waals surface area contributed by atoms with Crippen molar-refractivity contribution in [3.8, 4) is 0 Å². The van der Waals surface area contributed by atoms with Crippen LogP contribution < -0.4 is 0 Å². The summed E-state index contributed by atoms with van der Waals surface area (Å²) in [5.74, 6) is 0.0821. The molecule has 9 heavy (non-hydrogen) atoms. The van der Waals surface area contributed by atoms with Gasteiger partial charge in [0.25, 0.3) is 0 Å². The van der Waals surface area contributed by atoms with E-state index in [9.17, 15) is 9.70 Å². The molecule has 0 radical (unpaired) electrons. The van der Waals surface area contributed by atoms with E-state index < -0.39 is 0 Å². The Morgan fingerprint density at radius 3 is 2.78 bits per heavy atom. The van der Waals surface area contributed by atoms with E-state index in [1.165, 1.54) is 0 Å². The summed E-state index contributed by atoms with van der Waals surface area (Å²) in [5, 5.41) is 2.14. The van der Waals surface area contributed by atoms with Gasteiger partial charge in [-0.25, -0.2) is 0 Å². The molecule has 0 aromatic rings. The number of nitrogens with zero attached hydrogens (tertiary/aromatic N) is 1. The molecule has 0 saturated carbocycles. The van der Waals surface area contributed by atoms with Crippen LogP contribution in [-0.4, -0.2) is 12.4 Å². The number of ketones is 1. The van der Waals surface area contributed by atoms with Crippen LogP contribution in [0.2, 0.25) is 0 Å². The van der Waals surface area contributed by atoms with Gasteiger partial charge in [0.1, 0.15) is 12.4 Å². The molecule has 0 spiro atoms. The van der Waals surface area contributed by atoms with Crippen LogP contribution >= 0.6 is 0 Å². The predicted octanol–water partition coefficient (Wildman–Crippen LogP) is 1.05. The fourth-order valence-electron chi connectivity index (χ4n) is 0.374. The van der Waals surface area contributed by atoms with Crippen molar-refractivity contribution < 1.29 is 9.63 Å². The fraction of sp³-hybridized carbons (Fsp3) is 0.800. The van der Waals surface area contributed by atoms with Crippen LogP contribution in [0.5, 0.6) is 0 Å². The van der Waals surface area contributed by atoms with Crippen LogP contribution in [-0.2, 0) is 9.63 Å². The lowest BCUT2D eigenvalue weighted by Gasteiger charge is -1.91. The first-order chi connectivity index (χ1) is 4.31. The molecule has 0 N–H and O–H groups in total. The van der Waals surface area contributed by atoms with Crippen molar-refractivity contribution >= 4 is 5.78 Å². The summed E-state index contributed by atoms with van der Waals surface area (Å²) in [7, 11) is 0. The zero-order chi connectivity index (χ0) is 7.11. The van der Waals surface area contributed by atoms with E-state index in [-0.39, 0.29) is 18.8 Å². The van der Waals surface area contributed by atoms with Crippen molar-refractivity contribution in [2.45, 2.75) is 19.8 Å². The van der Waals surface area contributed by atoms with Gasteiger partial charge in [-0.1, -0.05) is 6.92 Å². The zero-order valence-electron chi connectivity index (χ0n) is 5.29. The second-order valence-electron chi connectivity index (χ2n) is 1.55. The highest BCUT2D eigenvalue weighted by Gasteiger charge is 1.96. The lowest BCUT2D eigenvalue weighted by Crippen LogP contribution is -1.99. The SMILES string of the molecule is CCC(=O)CCON=O. The first kappa shape index (κ1) is 8.07. The number of Topliss-reactive ketones (excluding diaryl/α,β-unsaturated/α-hetero) is 1. The summed E-state index contributed by atoms with van der Waals surface area (Å²) >= 11 is 0. The molecule has 0 aliphatic rings. The van der Waals surface area contributed by atoms with E-state index in [0.717, 1.165) is 0 Å². The lowest BCUT2D eigenvalue weighted by molar-refractivity contribution is -0.119. The zero-order valence-corrected chi connectivity index (χ0v) is 5.29. The van der Waals surface area contributed by atoms with Gasteiger partial charge < -0.3 is 4.84 Å². The predicted molar refractivity (Wildman–Crippen MR) is 31.7 cm³/mol. The third-order valence-electron chi connectivity index (χ3n) is 0.919. The minimum atomic E-state index is 0.0821. The molecule has 4 heteroatoms. The van der Waals surface area contributed by atoms with Crippen molar-refractivity contribution in [2.75, 3.05) is 6.61 Å². The molecule has 0 amide bonds. The molecule has 0 aromatic carbocycles. The summed E-state index contributed by atoms with van der Waals surface area (Å²) in [6.45, 7) is 1.87. The van der Waals surface area contributed by atoms with Crippen LogP contribution in [0.25, 0.3) is 0 Å². The average Bonchev–Trinajstić information content (AvgIpc) is 1.89. The summed E-state index contributed by atoms with van der Waals surface area (Å²) in [4.78, 5) is 23.8. The number of carbonyl (C=O) groups excluding carboxylic acids is 1. The highest BCUT2D eigenvalue weighted by atomic mass is 16.7. The minimum absolute atomic E-state index is 0.0821. The molecule has 0 atom stereocenters. The quantitative estimate of drug-likeness (QED) is 0.318. The van der Waals surface area contributed by atoms with Crippen LogP contribution in [0, 0.1) is 4.91 Å². The maximum atomic E-state index is 10.5. The van der Waals surface area contributed by atoms with Crippen LogP contribution in [0.3, 0.4) is 0 Å². The molecule has 0 aliphatic heterocycles. The first-order valence-corrected chi connectivity index (χ1v) is 2.77. The van der Waals surface area contributed by atoms with Crippen LogP contribution in [0.1, 0.15) is 19.8 Å². The summed E-state index contributed by atoms with van der Waals surface area (Å²) in [6, 6.07) is 0. The van der Waals surface area contributed by atoms with Gasteiger partial charge in [0.2, 0.25) is 0 Å². The monoisotopic (exact) mass is 131 g/mol. The smallest absolute Gasteiger partial charge is 0.155 e. The highest BCUT2D eigenvalue weighted by molar-refractivity contribution is 5.78. The Balaban J connectivity index is 3.06. The molecule has 4 nitrogen and oxygen atoms in total. The van der Waals surface area contributed by atoms with Crippen molar-refractivity contribution in [1.29, 1.82) is 0 Å². The lowest BCUT2D eigenvalue weighted by atomic mass is 10.2. The van der Waals surface area contributed by atoms with E-state index >= 15 is 0 Å². The third-order valence-corrected chi connectivity index (χ3v) is 0.919. The molecule has 0 saturated heterocycles. The van der Waals surface area contributed by atoms with Gasteiger partial charge in [0, 0.05) is 12.8 Å². The number of rotatable bonds is 5. The van der Waals surface area contributed by atoms with Crippen molar-refractivity contribution in [3.63, 3.8) is 0 Å². The first-order valence-electron chi connectivity index (χ1n) is 2.77. The Morgan fingerprint density at radius 1 is 1.67 bits per heavy atom. The maximum absolute atomic E-state index is 10.5. The largest absolute Gasteiger partial charge is 0.364 e. The molecule has 0 aliphatic carbocycles. The molecule has 0 aromatic heterocycles. The minimum Gasteiger partial charge on any atom is -0.364 e. The maximum Gasteiger partial charge on any atom is 0.155 e. The van der Waals surface area contributed by atoms with E-state index in [1.807, 2.05) is 0 Å². The molecule has 0 bridgehead atoms. The van der Waals surface area contributed by atoms with Gasteiger partial charge in [-0.15, -0.1) is 4.91 Å². The average molecular weight is 131 g/mol. The second-order valence-corrected chi connectivity index (χ2v) is 1.55. The van der Waals surface area contributed by atoms with Gasteiger partial charge in [-0.2, -0.15) is 0 Å². The Bertz CT molecular complexity index is 102. The normalized spacial score (nSPS) is 8.56. The molecular formula is C5H9NO3.